The van der Waals surface area contributed by atoms with E-state index in [1.54, 1.807) is 12.1 Å². The van der Waals surface area contributed by atoms with Crippen molar-refractivity contribution in [3.05, 3.63) is 77.1 Å². The molecule has 0 saturated carbocycles. The maximum absolute atomic E-state index is 14.1. The first kappa shape index (κ1) is 16.9. The van der Waals surface area contributed by atoms with Gasteiger partial charge in [-0.3, -0.25) is 5.43 Å². The Labute approximate surface area is 137 Å². The zero-order chi connectivity index (χ0) is 17.5. The molecule has 7 heteroatoms. The molecule has 0 spiro atoms. The zero-order valence-corrected chi connectivity index (χ0v) is 12.4. The van der Waals surface area contributed by atoms with Crippen molar-refractivity contribution >= 4 is 5.97 Å². The summed E-state index contributed by atoms with van der Waals surface area (Å²) in [6.45, 7) is 0. The Kier molecular flexibility index (Phi) is 5.39. The highest BCUT2D eigenvalue weighted by atomic mass is 19.1. The second-order valence-electron chi connectivity index (χ2n) is 4.55. The van der Waals surface area contributed by atoms with Crippen LogP contribution in [0.25, 0.3) is 0 Å². The lowest BCUT2D eigenvalue weighted by molar-refractivity contribution is -0.132. The van der Waals surface area contributed by atoms with Crippen LogP contribution >= 0.6 is 0 Å². The fourth-order valence-corrected chi connectivity index (χ4v) is 1.70. The van der Waals surface area contributed by atoms with Crippen molar-refractivity contribution in [1.82, 2.24) is 5.43 Å². The van der Waals surface area contributed by atoms with Crippen LogP contribution in [-0.2, 0) is 4.79 Å². The Morgan fingerprint density at radius 3 is 2.46 bits per heavy atom. The standard InChI is InChI=1S/C17H14FN3O3/c18-14-10-13(24-16(21-20)15(19)17(22)23)9-8-12(14)7-6-11-4-2-1-3-5-11/h1-5,8-10,21H,19-20H2,(H,22,23)/b16-15+. The van der Waals surface area contributed by atoms with Gasteiger partial charge >= 0.3 is 5.97 Å². The molecule has 2 aromatic carbocycles. The van der Waals surface area contributed by atoms with Crippen LogP contribution in [0.5, 0.6) is 5.75 Å². The van der Waals surface area contributed by atoms with E-state index in [2.05, 4.69) is 11.8 Å². The van der Waals surface area contributed by atoms with Gasteiger partial charge < -0.3 is 15.6 Å². The fraction of sp³-hybridized carbons (Fsp3) is 0. The van der Waals surface area contributed by atoms with Gasteiger partial charge in [0.25, 0.3) is 0 Å². The van der Waals surface area contributed by atoms with E-state index in [1.165, 1.54) is 12.1 Å². The average molecular weight is 327 g/mol. The number of hydrogen-bond acceptors (Lipinski definition) is 5. The quantitative estimate of drug-likeness (QED) is 0.221. The number of carbonyl (C=O) groups is 1. The molecule has 0 aliphatic carbocycles. The van der Waals surface area contributed by atoms with Crippen molar-refractivity contribution in [2.45, 2.75) is 0 Å². The molecule has 6 nitrogen and oxygen atoms in total. The number of carboxylic acid groups (broad SMARTS) is 1. The number of nitrogens with two attached hydrogens (primary N) is 2. The number of hydrogen-bond donors (Lipinski definition) is 4. The van der Waals surface area contributed by atoms with Crippen LogP contribution in [0.4, 0.5) is 4.39 Å². The minimum Gasteiger partial charge on any atom is -0.476 e. The molecule has 0 aliphatic rings. The Balaban J connectivity index is 2.23. The first-order chi connectivity index (χ1) is 11.5. The van der Waals surface area contributed by atoms with Gasteiger partial charge in [0.05, 0.1) is 5.56 Å². The molecule has 0 aromatic heterocycles. The summed E-state index contributed by atoms with van der Waals surface area (Å²) < 4.78 is 19.2. The molecule has 24 heavy (non-hydrogen) atoms. The highest BCUT2D eigenvalue weighted by molar-refractivity contribution is 5.85. The number of ether oxygens (including phenoxy) is 1. The van der Waals surface area contributed by atoms with E-state index in [9.17, 15) is 9.18 Å². The van der Waals surface area contributed by atoms with Gasteiger partial charge in [-0.1, -0.05) is 30.0 Å². The number of nitrogens with one attached hydrogen (secondary N) is 1. The summed E-state index contributed by atoms with van der Waals surface area (Å²) in [6, 6.07) is 13.0. The summed E-state index contributed by atoms with van der Waals surface area (Å²) in [4.78, 5) is 10.8. The molecule has 0 radical (unpaired) electrons. The van der Waals surface area contributed by atoms with Crippen LogP contribution < -0.4 is 21.7 Å². The second-order valence-corrected chi connectivity index (χ2v) is 4.55. The molecule has 0 aliphatic heterocycles. The Morgan fingerprint density at radius 2 is 1.88 bits per heavy atom. The van der Waals surface area contributed by atoms with Crippen molar-refractivity contribution in [3.63, 3.8) is 0 Å². The van der Waals surface area contributed by atoms with E-state index in [4.69, 9.17) is 21.4 Å². The normalized spacial score (nSPS) is 10.9. The Morgan fingerprint density at radius 1 is 1.17 bits per heavy atom. The monoisotopic (exact) mass is 327 g/mol. The molecule has 0 bridgehead atoms. The number of benzene rings is 2. The highest BCUT2D eigenvalue weighted by Crippen LogP contribution is 2.18. The van der Waals surface area contributed by atoms with Crippen LogP contribution in [0, 0.1) is 17.7 Å². The van der Waals surface area contributed by atoms with Gasteiger partial charge in [-0.05, 0) is 24.3 Å². The first-order valence-corrected chi connectivity index (χ1v) is 6.75. The minimum absolute atomic E-state index is 0.0231. The Hall–Kier alpha value is -3.50. The van der Waals surface area contributed by atoms with E-state index in [-0.39, 0.29) is 11.3 Å². The van der Waals surface area contributed by atoms with Gasteiger partial charge in [0.15, 0.2) is 5.70 Å². The molecule has 0 saturated heterocycles. The lowest BCUT2D eigenvalue weighted by Gasteiger charge is -2.10. The number of carboxylic acids is 1. The molecule has 0 unspecified atom stereocenters. The summed E-state index contributed by atoms with van der Waals surface area (Å²) in [6.07, 6.45) is 0. The molecule has 0 amide bonds. The van der Waals surface area contributed by atoms with Crippen LogP contribution in [0.1, 0.15) is 11.1 Å². The molecular weight excluding hydrogens is 313 g/mol. The largest absolute Gasteiger partial charge is 0.476 e. The SMILES string of the molecule is NN/C(Oc1ccc(C#Cc2ccccc2)c(F)c1)=C(\N)C(=O)O. The Bertz CT molecular complexity index is 839. The van der Waals surface area contributed by atoms with E-state index in [1.807, 2.05) is 23.6 Å². The maximum atomic E-state index is 14.1. The minimum atomic E-state index is -1.42. The van der Waals surface area contributed by atoms with Gasteiger partial charge in [0.1, 0.15) is 11.6 Å². The molecular formula is C17H14FN3O3. The lowest BCUT2D eigenvalue weighted by Crippen LogP contribution is -2.31. The van der Waals surface area contributed by atoms with Crippen LogP contribution in [0.15, 0.2) is 60.1 Å². The van der Waals surface area contributed by atoms with Gasteiger partial charge in [-0.25, -0.2) is 15.0 Å². The van der Waals surface area contributed by atoms with Gasteiger partial charge in [0, 0.05) is 11.6 Å². The van der Waals surface area contributed by atoms with Gasteiger partial charge in [0.2, 0.25) is 5.88 Å². The lowest BCUT2D eigenvalue weighted by atomic mass is 10.1. The smallest absolute Gasteiger partial charge is 0.357 e. The molecule has 6 N–H and O–H groups in total. The summed E-state index contributed by atoms with van der Waals surface area (Å²) in [5, 5.41) is 8.79. The molecule has 2 rings (SSSR count). The maximum Gasteiger partial charge on any atom is 0.357 e. The van der Waals surface area contributed by atoms with Crippen molar-refractivity contribution in [2.75, 3.05) is 0 Å². The van der Waals surface area contributed by atoms with Crippen molar-refractivity contribution < 1.29 is 19.0 Å². The highest BCUT2D eigenvalue weighted by Gasteiger charge is 2.13. The van der Waals surface area contributed by atoms with Crippen LogP contribution in [0.2, 0.25) is 0 Å². The third kappa shape index (κ3) is 4.25. The van der Waals surface area contributed by atoms with Gasteiger partial charge in [-0.2, -0.15) is 0 Å². The van der Waals surface area contributed by atoms with Crippen molar-refractivity contribution in [2.24, 2.45) is 11.6 Å². The number of aliphatic carboxylic acids is 1. The summed E-state index contributed by atoms with van der Waals surface area (Å²) in [5.41, 5.74) is 7.60. The van der Waals surface area contributed by atoms with E-state index >= 15 is 0 Å². The average Bonchev–Trinajstić information content (AvgIpc) is 2.59. The van der Waals surface area contributed by atoms with Crippen molar-refractivity contribution in [1.29, 1.82) is 0 Å². The molecule has 0 atom stereocenters. The van der Waals surface area contributed by atoms with Crippen LogP contribution in [-0.4, -0.2) is 11.1 Å². The van der Waals surface area contributed by atoms with Crippen LogP contribution in [0.3, 0.4) is 0 Å². The van der Waals surface area contributed by atoms with Crippen molar-refractivity contribution in [3.8, 4) is 17.6 Å². The number of halogens is 1. The van der Waals surface area contributed by atoms with E-state index in [0.717, 1.165) is 11.6 Å². The molecule has 2 aromatic rings. The summed E-state index contributed by atoms with van der Waals surface area (Å²) in [5.74, 6) is 8.27. The third-order valence-electron chi connectivity index (χ3n) is 2.88. The zero-order valence-electron chi connectivity index (χ0n) is 12.4. The topological polar surface area (TPSA) is 111 Å². The van der Waals surface area contributed by atoms with E-state index < -0.39 is 23.4 Å². The number of hydrazine groups is 1. The predicted octanol–water partition coefficient (Wildman–Crippen LogP) is 1.28. The molecule has 122 valence electrons. The fourth-order valence-electron chi connectivity index (χ4n) is 1.70. The summed E-state index contributed by atoms with van der Waals surface area (Å²) in [7, 11) is 0. The second kappa shape index (κ2) is 7.67. The third-order valence-corrected chi connectivity index (χ3v) is 2.88. The van der Waals surface area contributed by atoms with E-state index in [0.29, 0.717) is 0 Å². The summed E-state index contributed by atoms with van der Waals surface area (Å²) >= 11 is 0. The first-order valence-electron chi connectivity index (χ1n) is 6.75. The molecule has 0 fully saturated rings. The number of rotatable bonds is 4. The molecule has 0 heterocycles. The van der Waals surface area contributed by atoms with Gasteiger partial charge in [-0.15, -0.1) is 0 Å². The predicted molar refractivity (Wildman–Crippen MR) is 85.6 cm³/mol.